The molecular formula is C12H26IN2-. The Hall–Kier alpha value is 0.360. The van der Waals surface area contributed by atoms with Gasteiger partial charge in [-0.05, 0) is 0 Å². The fourth-order valence-corrected chi connectivity index (χ4v) is 3.48. The molecule has 0 aliphatic heterocycles. The summed E-state index contributed by atoms with van der Waals surface area (Å²) in [6.07, 6.45) is 10.0. The van der Waals surface area contributed by atoms with Crippen LogP contribution in [-0.2, 0) is 0 Å². The number of rotatable bonds is 12. The van der Waals surface area contributed by atoms with Gasteiger partial charge in [0.15, 0.2) is 0 Å². The van der Waals surface area contributed by atoms with Gasteiger partial charge in [-0.25, -0.2) is 0 Å². The van der Waals surface area contributed by atoms with Gasteiger partial charge in [-0.3, -0.25) is 0 Å². The van der Waals surface area contributed by atoms with Crippen molar-refractivity contribution in [2.24, 2.45) is 4.99 Å². The average Bonchev–Trinajstić information content (AvgIpc) is 2.26. The van der Waals surface area contributed by atoms with E-state index in [4.69, 9.17) is 0 Å². The minimum atomic E-state index is 0.384. The molecule has 3 heteroatoms. The molecule has 0 aromatic heterocycles. The zero-order valence-electron chi connectivity index (χ0n) is 10.1. The van der Waals surface area contributed by atoms with Gasteiger partial charge in [0.2, 0.25) is 0 Å². The van der Waals surface area contributed by atoms with Gasteiger partial charge in [-0.2, -0.15) is 0 Å². The zero-order valence-corrected chi connectivity index (χ0v) is 12.3. The van der Waals surface area contributed by atoms with Crippen molar-refractivity contribution < 1.29 is 21.2 Å². The summed E-state index contributed by atoms with van der Waals surface area (Å²) in [5, 5.41) is 3.27. The van der Waals surface area contributed by atoms with Crippen molar-refractivity contribution in [3.63, 3.8) is 0 Å². The molecule has 0 aliphatic carbocycles. The van der Waals surface area contributed by atoms with E-state index in [-0.39, 0.29) is 0 Å². The van der Waals surface area contributed by atoms with E-state index >= 15 is 0 Å². The molecule has 0 saturated carbocycles. The van der Waals surface area contributed by atoms with Crippen LogP contribution in [-0.4, -0.2) is 22.4 Å². The van der Waals surface area contributed by atoms with Crippen molar-refractivity contribution in [2.75, 3.05) is 15.6 Å². The SMILES string of the molecule is C=NCNC[I-]CCCCCCCCC. The number of hydrogen-bond acceptors (Lipinski definition) is 2. The number of unbranched alkanes of at least 4 members (excludes halogenated alkanes) is 6. The van der Waals surface area contributed by atoms with E-state index in [1.54, 1.807) is 0 Å². The Kier molecular flexibility index (Phi) is 14.7. The summed E-state index contributed by atoms with van der Waals surface area (Å²) in [6.45, 7) is 6.45. The first-order valence-corrected chi connectivity index (χ1v) is 9.13. The number of aliphatic imine (C=N–C) groups is 1. The monoisotopic (exact) mass is 325 g/mol. The van der Waals surface area contributed by atoms with Crippen LogP contribution in [0.1, 0.15) is 51.9 Å². The van der Waals surface area contributed by atoms with Crippen LogP contribution in [0.4, 0.5) is 0 Å². The summed E-state index contributed by atoms with van der Waals surface area (Å²) in [7, 11) is 0. The number of halogens is 1. The van der Waals surface area contributed by atoms with Crippen LogP contribution >= 0.6 is 0 Å². The fraction of sp³-hybridized carbons (Fsp3) is 0.917. The standard InChI is InChI=1S/C12H26IN2/c1-3-4-5-6-7-8-9-10-13-11-15-12-14-2/h15H,2-12H2,1H3/q-1. The van der Waals surface area contributed by atoms with Crippen LogP contribution in [0, 0.1) is 0 Å². The molecular weight excluding hydrogens is 299 g/mol. The molecule has 92 valence electrons. The van der Waals surface area contributed by atoms with E-state index < -0.39 is 0 Å². The first-order valence-electron chi connectivity index (χ1n) is 6.08. The number of nitrogens with zero attached hydrogens (tertiary/aromatic N) is 1. The molecule has 1 N–H and O–H groups in total. The Labute approximate surface area is 106 Å². The van der Waals surface area contributed by atoms with E-state index in [2.05, 4.69) is 24.0 Å². The van der Waals surface area contributed by atoms with Crippen LogP contribution in [0.15, 0.2) is 4.99 Å². The van der Waals surface area contributed by atoms with E-state index in [1.807, 2.05) is 0 Å². The molecule has 0 saturated heterocycles. The number of hydrogen-bond donors (Lipinski definition) is 1. The van der Waals surface area contributed by atoms with E-state index in [0.717, 1.165) is 6.67 Å². The zero-order chi connectivity index (χ0) is 11.2. The fourth-order valence-electron chi connectivity index (χ4n) is 1.40. The summed E-state index contributed by atoms with van der Waals surface area (Å²) in [5.41, 5.74) is 0. The molecule has 0 aromatic rings. The summed E-state index contributed by atoms with van der Waals surface area (Å²) >= 11 is 0.384. The normalized spacial score (nSPS) is 10.7. The molecule has 15 heavy (non-hydrogen) atoms. The second kappa shape index (κ2) is 14.4. The van der Waals surface area contributed by atoms with E-state index in [1.165, 1.54) is 53.9 Å². The Morgan fingerprint density at radius 1 is 1.07 bits per heavy atom. The molecule has 0 radical (unpaired) electrons. The van der Waals surface area contributed by atoms with Crippen LogP contribution in [0.3, 0.4) is 0 Å². The van der Waals surface area contributed by atoms with E-state index in [0.29, 0.717) is 21.2 Å². The van der Waals surface area contributed by atoms with Crippen LogP contribution in [0.5, 0.6) is 0 Å². The Bertz CT molecular complexity index is 129. The second-order valence-electron chi connectivity index (χ2n) is 3.76. The summed E-state index contributed by atoms with van der Waals surface area (Å²) in [6, 6.07) is 0. The summed E-state index contributed by atoms with van der Waals surface area (Å²) < 4.78 is 2.67. The number of nitrogens with one attached hydrogen (secondary N) is 1. The van der Waals surface area contributed by atoms with Gasteiger partial charge in [0.05, 0.1) is 0 Å². The van der Waals surface area contributed by atoms with Gasteiger partial charge in [0, 0.05) is 0 Å². The number of alkyl halides is 2. The Balaban J connectivity index is 2.83. The predicted octanol–water partition coefficient (Wildman–Crippen LogP) is 0.0312. The third-order valence-corrected chi connectivity index (χ3v) is 4.89. The van der Waals surface area contributed by atoms with Gasteiger partial charge in [-0.1, -0.05) is 0 Å². The molecule has 0 bridgehead atoms. The Morgan fingerprint density at radius 3 is 2.40 bits per heavy atom. The van der Waals surface area contributed by atoms with Crippen LogP contribution < -0.4 is 26.5 Å². The molecule has 2 nitrogen and oxygen atoms in total. The first kappa shape index (κ1) is 15.4. The van der Waals surface area contributed by atoms with Crippen molar-refractivity contribution in [1.29, 1.82) is 0 Å². The van der Waals surface area contributed by atoms with Crippen molar-refractivity contribution in [2.45, 2.75) is 51.9 Å². The minimum absolute atomic E-state index is 0.384. The Morgan fingerprint density at radius 2 is 1.73 bits per heavy atom. The third kappa shape index (κ3) is 14.4. The quantitative estimate of drug-likeness (QED) is 0.177. The van der Waals surface area contributed by atoms with Gasteiger partial charge in [0.25, 0.3) is 0 Å². The van der Waals surface area contributed by atoms with Crippen molar-refractivity contribution in [3.8, 4) is 0 Å². The molecule has 0 amide bonds. The first-order chi connectivity index (χ1) is 7.41. The molecule has 0 unspecified atom stereocenters. The topological polar surface area (TPSA) is 24.4 Å². The molecule has 0 aromatic carbocycles. The van der Waals surface area contributed by atoms with Crippen LogP contribution in [0.25, 0.3) is 0 Å². The van der Waals surface area contributed by atoms with Gasteiger partial charge < -0.3 is 0 Å². The molecule has 0 spiro atoms. The molecule has 0 aliphatic rings. The van der Waals surface area contributed by atoms with Gasteiger partial charge in [0.1, 0.15) is 0 Å². The third-order valence-electron chi connectivity index (χ3n) is 2.28. The average molecular weight is 325 g/mol. The second-order valence-corrected chi connectivity index (χ2v) is 6.68. The van der Waals surface area contributed by atoms with Crippen molar-refractivity contribution >= 4 is 6.72 Å². The summed E-state index contributed by atoms with van der Waals surface area (Å²) in [5.74, 6) is 0. The van der Waals surface area contributed by atoms with E-state index in [9.17, 15) is 0 Å². The van der Waals surface area contributed by atoms with Crippen molar-refractivity contribution in [3.05, 3.63) is 0 Å². The van der Waals surface area contributed by atoms with Crippen LogP contribution in [0.2, 0.25) is 0 Å². The summed E-state index contributed by atoms with van der Waals surface area (Å²) in [4.78, 5) is 3.77. The molecule has 0 heterocycles. The predicted molar refractivity (Wildman–Crippen MR) is 65.3 cm³/mol. The maximum atomic E-state index is 3.77. The van der Waals surface area contributed by atoms with Gasteiger partial charge >= 0.3 is 106 Å². The van der Waals surface area contributed by atoms with Crippen molar-refractivity contribution in [1.82, 2.24) is 5.32 Å². The molecule has 0 fully saturated rings. The molecule has 0 atom stereocenters. The maximum absolute atomic E-state index is 3.77. The van der Waals surface area contributed by atoms with Gasteiger partial charge in [-0.15, -0.1) is 0 Å². The molecule has 0 rings (SSSR count).